The van der Waals surface area contributed by atoms with Crippen LogP contribution in [0.15, 0.2) is 48.5 Å². The van der Waals surface area contributed by atoms with E-state index in [1.54, 1.807) is 0 Å². The van der Waals surface area contributed by atoms with Crippen LogP contribution in [0.4, 0.5) is 0 Å². The highest BCUT2D eigenvalue weighted by molar-refractivity contribution is 5.94. The molecule has 0 aliphatic carbocycles. The number of hydrogen-bond acceptors (Lipinski definition) is 1. The summed E-state index contributed by atoms with van der Waals surface area (Å²) >= 11 is 0. The van der Waals surface area contributed by atoms with Crippen LogP contribution in [0, 0.1) is 13.8 Å². The van der Waals surface area contributed by atoms with E-state index in [1.165, 1.54) is 10.9 Å². The molecule has 0 aliphatic heterocycles. The van der Waals surface area contributed by atoms with Crippen LogP contribution in [0.3, 0.4) is 0 Å². The van der Waals surface area contributed by atoms with Crippen molar-refractivity contribution in [2.24, 2.45) is 0 Å². The van der Waals surface area contributed by atoms with Crippen LogP contribution in [0.2, 0.25) is 0 Å². The number of aryl methyl sites for hydroxylation is 2. The maximum Gasteiger partial charge on any atom is 0.144 e. The second kappa shape index (κ2) is 5.80. The number of H-pyrrole nitrogens is 1. The molecule has 1 atom stereocenters. The Bertz CT molecular complexity index is 814. The summed E-state index contributed by atoms with van der Waals surface area (Å²) in [5.41, 5.74) is 5.63. The van der Waals surface area contributed by atoms with Crippen LogP contribution in [-0.4, -0.2) is 10.8 Å². The predicted molar refractivity (Wildman–Crippen MR) is 91.3 cm³/mol. The van der Waals surface area contributed by atoms with Crippen molar-refractivity contribution in [3.05, 3.63) is 70.9 Å². The first-order chi connectivity index (χ1) is 10.6. The molecule has 112 valence electrons. The highest BCUT2D eigenvalue weighted by Gasteiger charge is 2.21. The Morgan fingerprint density at radius 2 is 1.82 bits per heavy atom. The molecule has 0 fully saturated rings. The smallest absolute Gasteiger partial charge is 0.144 e. The van der Waals surface area contributed by atoms with Crippen molar-refractivity contribution >= 4 is 16.7 Å². The first kappa shape index (κ1) is 14.6. The molecule has 1 aromatic heterocycles. The number of hydrogen-bond donors (Lipinski definition) is 1. The van der Waals surface area contributed by atoms with Crippen molar-refractivity contribution in [3.8, 4) is 0 Å². The van der Waals surface area contributed by atoms with Crippen LogP contribution in [0.5, 0.6) is 0 Å². The summed E-state index contributed by atoms with van der Waals surface area (Å²) in [7, 11) is 0. The molecule has 3 rings (SSSR count). The average Bonchev–Trinajstić information content (AvgIpc) is 2.82. The number of ketones is 1. The van der Waals surface area contributed by atoms with Crippen molar-refractivity contribution in [2.75, 3.05) is 0 Å². The zero-order valence-electron chi connectivity index (χ0n) is 13.3. The quantitative estimate of drug-likeness (QED) is 0.742. The van der Waals surface area contributed by atoms with E-state index >= 15 is 0 Å². The van der Waals surface area contributed by atoms with E-state index in [0.717, 1.165) is 22.3 Å². The van der Waals surface area contributed by atoms with E-state index in [0.29, 0.717) is 6.42 Å². The first-order valence-electron chi connectivity index (χ1n) is 7.71. The van der Waals surface area contributed by atoms with Gasteiger partial charge in [0.05, 0.1) is 0 Å². The SMILES string of the molecule is Cc1ccc2[nH]c(C)c(C(C)C(=O)Cc3ccccc3)c2c1. The predicted octanol–water partition coefficient (Wildman–Crippen LogP) is 4.70. The maximum atomic E-state index is 12.7. The fourth-order valence-electron chi connectivity index (χ4n) is 3.13. The molecule has 22 heavy (non-hydrogen) atoms. The molecule has 0 spiro atoms. The molecule has 0 radical (unpaired) electrons. The van der Waals surface area contributed by atoms with Gasteiger partial charge in [-0.25, -0.2) is 0 Å². The van der Waals surface area contributed by atoms with Gasteiger partial charge in [0.25, 0.3) is 0 Å². The van der Waals surface area contributed by atoms with Crippen LogP contribution in [0.25, 0.3) is 10.9 Å². The average molecular weight is 291 g/mol. The molecule has 1 unspecified atom stereocenters. The zero-order valence-corrected chi connectivity index (χ0v) is 13.3. The summed E-state index contributed by atoms with van der Waals surface area (Å²) in [4.78, 5) is 16.1. The molecule has 2 heteroatoms. The standard InChI is InChI=1S/C20H21NO/c1-13-9-10-18-17(11-13)20(15(3)21-18)14(2)19(22)12-16-7-5-4-6-8-16/h4-11,14,21H,12H2,1-3H3. The minimum absolute atomic E-state index is 0.101. The maximum absolute atomic E-state index is 12.7. The minimum Gasteiger partial charge on any atom is -0.358 e. The lowest BCUT2D eigenvalue weighted by atomic mass is 9.90. The van der Waals surface area contributed by atoms with E-state index in [1.807, 2.05) is 37.3 Å². The highest BCUT2D eigenvalue weighted by atomic mass is 16.1. The van der Waals surface area contributed by atoms with Crippen molar-refractivity contribution in [2.45, 2.75) is 33.1 Å². The van der Waals surface area contributed by atoms with Gasteiger partial charge in [0.2, 0.25) is 0 Å². The van der Waals surface area contributed by atoms with Gasteiger partial charge in [-0.2, -0.15) is 0 Å². The molecule has 2 nitrogen and oxygen atoms in total. The van der Waals surface area contributed by atoms with Crippen molar-refractivity contribution < 1.29 is 4.79 Å². The summed E-state index contributed by atoms with van der Waals surface area (Å²) in [6.07, 6.45) is 0.486. The van der Waals surface area contributed by atoms with Crippen LogP contribution < -0.4 is 0 Å². The molecular weight excluding hydrogens is 270 g/mol. The number of fused-ring (bicyclic) bond motifs is 1. The number of aromatic amines is 1. The van der Waals surface area contributed by atoms with Gasteiger partial charge in [0, 0.05) is 28.9 Å². The number of benzene rings is 2. The number of carbonyl (C=O) groups excluding carboxylic acids is 1. The van der Waals surface area contributed by atoms with Gasteiger partial charge in [-0.1, -0.05) is 48.9 Å². The molecule has 0 aliphatic rings. The van der Waals surface area contributed by atoms with Crippen LogP contribution in [-0.2, 0) is 11.2 Å². The Morgan fingerprint density at radius 1 is 1.09 bits per heavy atom. The molecule has 0 saturated carbocycles. The van der Waals surface area contributed by atoms with Gasteiger partial charge in [0.15, 0.2) is 0 Å². The van der Waals surface area contributed by atoms with Gasteiger partial charge in [-0.05, 0) is 37.1 Å². The lowest BCUT2D eigenvalue weighted by molar-refractivity contribution is -0.119. The summed E-state index contributed by atoms with van der Waals surface area (Å²) in [5, 5.41) is 1.17. The lowest BCUT2D eigenvalue weighted by Gasteiger charge is -2.12. The van der Waals surface area contributed by atoms with Crippen molar-refractivity contribution in [1.29, 1.82) is 0 Å². The fraction of sp³-hybridized carbons (Fsp3) is 0.250. The Kier molecular flexibility index (Phi) is 3.84. The first-order valence-corrected chi connectivity index (χ1v) is 7.71. The molecule has 0 saturated heterocycles. The molecule has 2 aromatic carbocycles. The van der Waals surface area contributed by atoms with Crippen LogP contribution >= 0.6 is 0 Å². The lowest BCUT2D eigenvalue weighted by Crippen LogP contribution is -2.12. The minimum atomic E-state index is -0.101. The molecule has 1 heterocycles. The Balaban J connectivity index is 1.94. The number of aromatic nitrogens is 1. The Hall–Kier alpha value is -2.35. The van der Waals surface area contributed by atoms with Crippen molar-refractivity contribution in [1.82, 2.24) is 4.98 Å². The number of Topliss-reactive ketones (excluding diaryl/α,β-unsaturated/α-hetero) is 1. The molecular formula is C20H21NO. The Morgan fingerprint density at radius 3 is 2.55 bits per heavy atom. The van der Waals surface area contributed by atoms with Gasteiger partial charge >= 0.3 is 0 Å². The van der Waals surface area contributed by atoms with Crippen LogP contribution in [0.1, 0.15) is 35.2 Å². The van der Waals surface area contributed by atoms with E-state index in [2.05, 4.69) is 37.0 Å². The van der Waals surface area contributed by atoms with E-state index in [9.17, 15) is 4.79 Å². The molecule has 3 aromatic rings. The molecule has 1 N–H and O–H groups in total. The van der Waals surface area contributed by atoms with Crippen molar-refractivity contribution in [3.63, 3.8) is 0 Å². The third-order valence-electron chi connectivity index (χ3n) is 4.33. The monoisotopic (exact) mass is 291 g/mol. The summed E-state index contributed by atoms with van der Waals surface area (Å²) < 4.78 is 0. The third kappa shape index (κ3) is 2.69. The number of nitrogens with one attached hydrogen (secondary N) is 1. The second-order valence-electron chi connectivity index (χ2n) is 6.06. The Labute approximate surface area is 131 Å². The fourth-order valence-corrected chi connectivity index (χ4v) is 3.13. The van der Waals surface area contributed by atoms with Gasteiger partial charge in [-0.3, -0.25) is 4.79 Å². The normalized spacial score (nSPS) is 12.5. The molecule has 0 amide bonds. The van der Waals surface area contributed by atoms with Gasteiger partial charge in [0.1, 0.15) is 5.78 Å². The van der Waals surface area contributed by atoms with E-state index in [-0.39, 0.29) is 11.7 Å². The zero-order chi connectivity index (χ0) is 15.7. The summed E-state index contributed by atoms with van der Waals surface area (Å²) in [6.45, 7) is 6.15. The second-order valence-corrected chi connectivity index (χ2v) is 6.06. The highest BCUT2D eigenvalue weighted by Crippen LogP contribution is 2.31. The third-order valence-corrected chi connectivity index (χ3v) is 4.33. The van der Waals surface area contributed by atoms with Gasteiger partial charge in [-0.15, -0.1) is 0 Å². The van der Waals surface area contributed by atoms with Gasteiger partial charge < -0.3 is 4.98 Å². The summed E-state index contributed by atoms with van der Waals surface area (Å²) in [5.74, 6) is 0.160. The number of carbonyl (C=O) groups is 1. The topological polar surface area (TPSA) is 32.9 Å². The number of rotatable bonds is 4. The summed E-state index contributed by atoms with van der Waals surface area (Å²) in [6, 6.07) is 16.3. The van der Waals surface area contributed by atoms with E-state index < -0.39 is 0 Å². The molecule has 0 bridgehead atoms. The van der Waals surface area contributed by atoms with E-state index in [4.69, 9.17) is 0 Å². The largest absolute Gasteiger partial charge is 0.358 e.